The summed E-state index contributed by atoms with van der Waals surface area (Å²) in [5.41, 5.74) is 4.49. The molecular weight excluding hydrogens is 318 g/mol. The molecule has 0 fully saturated rings. The number of imidazole rings is 1. The van der Waals surface area contributed by atoms with Gasteiger partial charge in [0.1, 0.15) is 0 Å². The summed E-state index contributed by atoms with van der Waals surface area (Å²) in [6.07, 6.45) is 2.43. The molecule has 7 nitrogen and oxygen atoms in total. The molecule has 1 N–H and O–H groups in total. The first-order valence-electron chi connectivity index (χ1n) is 8.12. The Balaban J connectivity index is 1.68. The lowest BCUT2D eigenvalue weighted by atomic mass is 10.0. The molecule has 0 atom stereocenters. The van der Waals surface area contributed by atoms with Gasteiger partial charge in [-0.05, 0) is 38.0 Å². The van der Waals surface area contributed by atoms with Crippen molar-refractivity contribution in [2.75, 3.05) is 5.32 Å². The lowest BCUT2D eigenvalue weighted by molar-refractivity contribution is -0.116. The summed E-state index contributed by atoms with van der Waals surface area (Å²) in [4.78, 5) is 20.5. The van der Waals surface area contributed by atoms with E-state index >= 15 is 0 Å². The Bertz CT molecular complexity index is 910. The zero-order valence-corrected chi connectivity index (χ0v) is 14.8. The number of amides is 1. The molecule has 0 spiro atoms. The number of hydrogen-bond acceptors (Lipinski definition) is 5. The summed E-state index contributed by atoms with van der Waals surface area (Å²) in [6, 6.07) is 6.26. The number of aryl methyl sites for hydroxylation is 4. The maximum atomic E-state index is 12.1. The molecule has 0 saturated carbocycles. The van der Waals surface area contributed by atoms with Crippen molar-refractivity contribution in [2.45, 2.75) is 33.6 Å². The SMILES string of the molecule is Cc1noc(CCC(=O)Nc2ncc(-c3ccc(C)c(C)c3)n2C)n1. The molecule has 3 rings (SSSR count). The van der Waals surface area contributed by atoms with Crippen molar-refractivity contribution < 1.29 is 9.32 Å². The molecule has 7 heteroatoms. The van der Waals surface area contributed by atoms with Crippen molar-refractivity contribution in [3.63, 3.8) is 0 Å². The zero-order chi connectivity index (χ0) is 18.0. The molecule has 2 heterocycles. The van der Waals surface area contributed by atoms with Crippen molar-refractivity contribution >= 4 is 11.9 Å². The summed E-state index contributed by atoms with van der Waals surface area (Å²) in [5, 5.41) is 6.53. The highest BCUT2D eigenvalue weighted by molar-refractivity contribution is 5.89. The Hall–Kier alpha value is -2.96. The predicted molar refractivity (Wildman–Crippen MR) is 94.1 cm³/mol. The number of carbonyl (C=O) groups excluding carboxylic acids is 1. The second-order valence-corrected chi connectivity index (χ2v) is 6.11. The van der Waals surface area contributed by atoms with Gasteiger partial charge in [-0.15, -0.1) is 0 Å². The first-order chi connectivity index (χ1) is 11.9. The zero-order valence-electron chi connectivity index (χ0n) is 14.8. The summed E-state index contributed by atoms with van der Waals surface area (Å²) in [7, 11) is 1.88. The van der Waals surface area contributed by atoms with Crippen LogP contribution >= 0.6 is 0 Å². The van der Waals surface area contributed by atoms with Crippen molar-refractivity contribution in [2.24, 2.45) is 7.05 Å². The van der Waals surface area contributed by atoms with Crippen LogP contribution in [0.25, 0.3) is 11.3 Å². The van der Waals surface area contributed by atoms with Crippen molar-refractivity contribution in [1.29, 1.82) is 0 Å². The second kappa shape index (κ2) is 6.88. The molecule has 1 amide bonds. The predicted octanol–water partition coefficient (Wildman–Crippen LogP) is 2.97. The van der Waals surface area contributed by atoms with Crippen molar-refractivity contribution in [3.8, 4) is 11.3 Å². The molecular formula is C18H21N5O2. The number of carbonyl (C=O) groups is 1. The van der Waals surface area contributed by atoms with E-state index in [9.17, 15) is 4.79 Å². The fraction of sp³-hybridized carbons (Fsp3) is 0.333. The second-order valence-electron chi connectivity index (χ2n) is 6.11. The van der Waals surface area contributed by atoms with Gasteiger partial charge in [0.2, 0.25) is 17.7 Å². The molecule has 0 aliphatic heterocycles. The van der Waals surface area contributed by atoms with Crippen LogP contribution in [0.5, 0.6) is 0 Å². The molecule has 0 radical (unpaired) electrons. The molecule has 130 valence electrons. The molecule has 3 aromatic rings. The van der Waals surface area contributed by atoms with Crippen LogP contribution < -0.4 is 5.32 Å². The summed E-state index contributed by atoms with van der Waals surface area (Å²) in [5.74, 6) is 1.40. The van der Waals surface area contributed by atoms with Gasteiger partial charge in [0, 0.05) is 25.5 Å². The molecule has 0 bridgehead atoms. The van der Waals surface area contributed by atoms with Gasteiger partial charge in [0.25, 0.3) is 0 Å². The lowest BCUT2D eigenvalue weighted by Crippen LogP contribution is -2.15. The fourth-order valence-electron chi connectivity index (χ4n) is 2.54. The van der Waals surface area contributed by atoms with E-state index in [0.717, 1.165) is 11.3 Å². The number of benzene rings is 1. The van der Waals surface area contributed by atoms with Gasteiger partial charge in [0.15, 0.2) is 5.82 Å². The third kappa shape index (κ3) is 3.76. The fourth-order valence-corrected chi connectivity index (χ4v) is 2.54. The smallest absolute Gasteiger partial charge is 0.227 e. The molecule has 25 heavy (non-hydrogen) atoms. The Morgan fingerprint density at radius 3 is 2.72 bits per heavy atom. The highest BCUT2D eigenvalue weighted by atomic mass is 16.5. The van der Waals surface area contributed by atoms with Gasteiger partial charge >= 0.3 is 0 Å². The van der Waals surface area contributed by atoms with Crippen LogP contribution in [0.2, 0.25) is 0 Å². The molecule has 0 saturated heterocycles. The third-order valence-corrected chi connectivity index (χ3v) is 4.18. The largest absolute Gasteiger partial charge is 0.339 e. The summed E-state index contributed by atoms with van der Waals surface area (Å²) in [6.45, 7) is 5.91. The van der Waals surface area contributed by atoms with Gasteiger partial charge in [0.05, 0.1) is 11.9 Å². The van der Waals surface area contributed by atoms with E-state index in [0.29, 0.717) is 24.1 Å². The molecule has 0 unspecified atom stereocenters. The Morgan fingerprint density at radius 1 is 1.24 bits per heavy atom. The maximum Gasteiger partial charge on any atom is 0.227 e. The summed E-state index contributed by atoms with van der Waals surface area (Å²) >= 11 is 0. The van der Waals surface area contributed by atoms with Gasteiger partial charge in [-0.3, -0.25) is 10.1 Å². The van der Waals surface area contributed by atoms with Crippen LogP contribution in [-0.4, -0.2) is 25.6 Å². The average molecular weight is 339 g/mol. The number of nitrogens with zero attached hydrogens (tertiary/aromatic N) is 4. The van der Waals surface area contributed by atoms with E-state index in [1.54, 1.807) is 13.1 Å². The monoisotopic (exact) mass is 339 g/mol. The minimum absolute atomic E-state index is 0.142. The quantitative estimate of drug-likeness (QED) is 0.772. The normalized spacial score (nSPS) is 10.9. The number of hydrogen-bond donors (Lipinski definition) is 1. The van der Waals surface area contributed by atoms with E-state index in [1.807, 2.05) is 11.6 Å². The topological polar surface area (TPSA) is 85.8 Å². The van der Waals surface area contributed by atoms with Crippen LogP contribution in [0, 0.1) is 20.8 Å². The average Bonchev–Trinajstić information content (AvgIpc) is 3.15. The number of nitrogens with one attached hydrogen (secondary N) is 1. The lowest BCUT2D eigenvalue weighted by Gasteiger charge is -2.08. The molecule has 1 aromatic carbocycles. The van der Waals surface area contributed by atoms with Gasteiger partial charge in [-0.1, -0.05) is 17.3 Å². The number of aromatic nitrogens is 4. The van der Waals surface area contributed by atoms with Crippen LogP contribution in [0.1, 0.15) is 29.3 Å². The first kappa shape index (κ1) is 16.9. The van der Waals surface area contributed by atoms with E-state index in [1.165, 1.54) is 11.1 Å². The van der Waals surface area contributed by atoms with Crippen LogP contribution in [0.4, 0.5) is 5.95 Å². The molecule has 0 aliphatic rings. The number of anilines is 1. The van der Waals surface area contributed by atoms with Crippen LogP contribution in [0.3, 0.4) is 0 Å². The van der Waals surface area contributed by atoms with Gasteiger partial charge in [-0.2, -0.15) is 4.98 Å². The minimum atomic E-state index is -0.142. The highest BCUT2D eigenvalue weighted by Crippen LogP contribution is 2.24. The van der Waals surface area contributed by atoms with Crippen LogP contribution in [-0.2, 0) is 18.3 Å². The highest BCUT2D eigenvalue weighted by Gasteiger charge is 2.13. The van der Waals surface area contributed by atoms with Crippen molar-refractivity contribution in [3.05, 3.63) is 47.2 Å². The van der Waals surface area contributed by atoms with E-state index in [2.05, 4.69) is 52.5 Å². The Morgan fingerprint density at radius 2 is 2.04 bits per heavy atom. The van der Waals surface area contributed by atoms with E-state index < -0.39 is 0 Å². The minimum Gasteiger partial charge on any atom is -0.339 e. The van der Waals surface area contributed by atoms with Crippen LogP contribution in [0.15, 0.2) is 28.9 Å². The maximum absolute atomic E-state index is 12.1. The first-order valence-corrected chi connectivity index (χ1v) is 8.12. The molecule has 0 aliphatic carbocycles. The van der Waals surface area contributed by atoms with Gasteiger partial charge in [-0.25, -0.2) is 4.98 Å². The van der Waals surface area contributed by atoms with E-state index in [-0.39, 0.29) is 12.3 Å². The summed E-state index contributed by atoms with van der Waals surface area (Å²) < 4.78 is 6.88. The van der Waals surface area contributed by atoms with Gasteiger partial charge < -0.3 is 9.09 Å². The molecule has 2 aromatic heterocycles. The number of rotatable bonds is 5. The third-order valence-electron chi connectivity index (χ3n) is 4.18. The van der Waals surface area contributed by atoms with E-state index in [4.69, 9.17) is 4.52 Å². The van der Waals surface area contributed by atoms with Crippen molar-refractivity contribution in [1.82, 2.24) is 19.7 Å². The Kier molecular flexibility index (Phi) is 4.65. The standard InChI is InChI=1S/C18H21N5O2/c1-11-5-6-14(9-12(11)2)15-10-19-18(23(15)4)21-16(24)7-8-17-20-13(3)22-25-17/h5-6,9-10H,7-8H2,1-4H3,(H,19,21,24). The Labute approximate surface area is 146 Å².